The van der Waals surface area contributed by atoms with Gasteiger partial charge in [0.1, 0.15) is 5.75 Å². The third-order valence-corrected chi connectivity index (χ3v) is 2.78. The van der Waals surface area contributed by atoms with Gasteiger partial charge in [-0.2, -0.15) is 0 Å². The first-order valence-corrected chi connectivity index (χ1v) is 5.28. The molecule has 1 heterocycles. The highest BCUT2D eigenvalue weighted by Gasteiger charge is 2.28. The summed E-state index contributed by atoms with van der Waals surface area (Å²) in [5, 5.41) is 1.21. The maximum absolute atomic E-state index is 11.8. The van der Waals surface area contributed by atoms with Crippen LogP contribution in [0.15, 0.2) is 24.3 Å². The van der Waals surface area contributed by atoms with E-state index in [0.717, 1.165) is 17.7 Å². The second kappa shape index (κ2) is 4.53. The number of aryl methyl sites for hydroxylation is 1. The van der Waals surface area contributed by atoms with Crippen LogP contribution in [0.25, 0.3) is 0 Å². The molecule has 0 saturated heterocycles. The number of fused-ring (bicyclic) bond motifs is 1. The van der Waals surface area contributed by atoms with Gasteiger partial charge in [0, 0.05) is 7.05 Å². The molecule has 1 atom stereocenters. The molecule has 1 amide bonds. The molecule has 0 N–H and O–H groups in total. The number of amides is 1. The Kier molecular flexibility index (Phi) is 3.10. The van der Waals surface area contributed by atoms with Crippen LogP contribution in [0.4, 0.5) is 0 Å². The van der Waals surface area contributed by atoms with E-state index in [1.54, 1.807) is 7.05 Å². The van der Waals surface area contributed by atoms with Crippen LogP contribution in [0.1, 0.15) is 12.0 Å². The zero-order valence-electron chi connectivity index (χ0n) is 9.47. The zero-order chi connectivity index (χ0) is 11.5. The number of rotatable bonds is 2. The van der Waals surface area contributed by atoms with Crippen molar-refractivity contribution in [2.24, 2.45) is 0 Å². The molecule has 0 spiro atoms. The number of ether oxygens (including phenoxy) is 1. The summed E-state index contributed by atoms with van der Waals surface area (Å²) < 4.78 is 5.65. The van der Waals surface area contributed by atoms with E-state index in [-0.39, 0.29) is 5.91 Å². The molecule has 1 aliphatic heterocycles. The van der Waals surface area contributed by atoms with Crippen LogP contribution >= 0.6 is 0 Å². The van der Waals surface area contributed by atoms with Gasteiger partial charge in [-0.15, -0.1) is 0 Å². The quantitative estimate of drug-likeness (QED) is 0.708. The Balaban J connectivity index is 2.11. The maximum Gasteiger partial charge on any atom is 0.286 e. The summed E-state index contributed by atoms with van der Waals surface area (Å²) in [7, 11) is 3.06. The Morgan fingerprint density at radius 1 is 1.50 bits per heavy atom. The summed E-state index contributed by atoms with van der Waals surface area (Å²) in [4.78, 5) is 16.7. The predicted molar refractivity (Wildman–Crippen MR) is 59.0 cm³/mol. The van der Waals surface area contributed by atoms with Crippen molar-refractivity contribution in [1.29, 1.82) is 0 Å². The van der Waals surface area contributed by atoms with E-state index in [1.807, 2.05) is 24.3 Å². The monoisotopic (exact) mass is 221 g/mol. The molecule has 0 fully saturated rings. The van der Waals surface area contributed by atoms with E-state index in [0.29, 0.717) is 6.42 Å². The first-order valence-electron chi connectivity index (χ1n) is 5.28. The Morgan fingerprint density at radius 3 is 3.00 bits per heavy atom. The lowest BCUT2D eigenvalue weighted by molar-refractivity contribution is -0.177. The van der Waals surface area contributed by atoms with Gasteiger partial charge in [-0.1, -0.05) is 18.2 Å². The largest absolute Gasteiger partial charge is 0.480 e. The minimum Gasteiger partial charge on any atom is -0.480 e. The van der Waals surface area contributed by atoms with Crippen LogP contribution in [-0.2, 0) is 16.1 Å². The minimum atomic E-state index is -0.431. The maximum atomic E-state index is 11.8. The van der Waals surface area contributed by atoms with Gasteiger partial charge in [0.2, 0.25) is 0 Å². The normalized spacial score (nSPS) is 18.5. The summed E-state index contributed by atoms with van der Waals surface area (Å²) in [6.45, 7) is 0. The highest BCUT2D eigenvalue weighted by molar-refractivity contribution is 5.80. The number of likely N-dealkylation sites (N-methyl/N-ethyl adjacent to an activating group) is 1. The Labute approximate surface area is 94.7 Å². The minimum absolute atomic E-state index is 0.142. The van der Waals surface area contributed by atoms with Crippen LogP contribution in [0.3, 0.4) is 0 Å². The molecule has 0 saturated carbocycles. The molecule has 0 unspecified atom stereocenters. The molecule has 4 heteroatoms. The number of nitrogens with zero attached hydrogens (tertiary/aromatic N) is 1. The smallest absolute Gasteiger partial charge is 0.286 e. The Bertz CT molecular complexity index is 392. The molecule has 0 aliphatic carbocycles. The van der Waals surface area contributed by atoms with Gasteiger partial charge in [-0.3, -0.25) is 9.63 Å². The molecule has 4 nitrogen and oxygen atoms in total. The first-order chi connectivity index (χ1) is 7.72. The van der Waals surface area contributed by atoms with Crippen LogP contribution in [-0.4, -0.2) is 31.2 Å². The van der Waals surface area contributed by atoms with Crippen LogP contribution in [0.2, 0.25) is 0 Å². The van der Waals surface area contributed by atoms with Crippen molar-refractivity contribution in [3.05, 3.63) is 29.8 Å². The van der Waals surface area contributed by atoms with Gasteiger partial charge in [-0.25, -0.2) is 5.06 Å². The number of hydrogen-bond acceptors (Lipinski definition) is 3. The van der Waals surface area contributed by atoms with Gasteiger partial charge < -0.3 is 4.74 Å². The van der Waals surface area contributed by atoms with Gasteiger partial charge in [0.25, 0.3) is 5.91 Å². The fraction of sp³-hybridized carbons (Fsp3) is 0.417. The second-order valence-corrected chi connectivity index (χ2v) is 3.77. The van der Waals surface area contributed by atoms with E-state index in [1.165, 1.54) is 12.2 Å². The summed E-state index contributed by atoms with van der Waals surface area (Å²) in [5.74, 6) is 0.661. The van der Waals surface area contributed by atoms with Crippen molar-refractivity contribution in [1.82, 2.24) is 5.06 Å². The molecule has 0 aromatic heterocycles. The Morgan fingerprint density at radius 2 is 2.25 bits per heavy atom. The van der Waals surface area contributed by atoms with Gasteiger partial charge in [-0.05, 0) is 24.5 Å². The molecular weight excluding hydrogens is 206 g/mol. The molecule has 1 aliphatic rings. The molecular formula is C12H15NO3. The lowest BCUT2D eigenvalue weighted by atomic mass is 10.0. The van der Waals surface area contributed by atoms with Crippen LogP contribution in [0, 0.1) is 0 Å². The standard InChI is InChI=1S/C12H15NO3/c1-13(15-2)12(14)11-8-7-9-5-3-4-6-10(9)16-11/h3-6,11H,7-8H2,1-2H3/t11-/m1/s1. The number of para-hydroxylation sites is 1. The van der Waals surface area contributed by atoms with E-state index in [4.69, 9.17) is 9.57 Å². The van der Waals surface area contributed by atoms with Crippen molar-refractivity contribution in [3.63, 3.8) is 0 Å². The predicted octanol–water partition coefficient (Wildman–Crippen LogP) is 1.40. The van der Waals surface area contributed by atoms with Crippen molar-refractivity contribution < 1.29 is 14.4 Å². The molecule has 0 radical (unpaired) electrons. The molecule has 86 valence electrons. The van der Waals surface area contributed by atoms with E-state index in [2.05, 4.69) is 0 Å². The van der Waals surface area contributed by atoms with Crippen molar-refractivity contribution in [2.75, 3.05) is 14.2 Å². The summed E-state index contributed by atoms with van der Waals surface area (Å²) in [5.41, 5.74) is 1.16. The van der Waals surface area contributed by atoms with Gasteiger partial charge >= 0.3 is 0 Å². The first kappa shape index (κ1) is 11.0. The van der Waals surface area contributed by atoms with Crippen molar-refractivity contribution in [2.45, 2.75) is 18.9 Å². The van der Waals surface area contributed by atoms with E-state index >= 15 is 0 Å². The lowest BCUT2D eigenvalue weighted by Gasteiger charge is -2.27. The summed E-state index contributed by atoms with van der Waals surface area (Å²) >= 11 is 0. The third kappa shape index (κ3) is 2.02. The molecule has 2 rings (SSSR count). The fourth-order valence-corrected chi connectivity index (χ4v) is 1.79. The molecule has 0 bridgehead atoms. The average Bonchev–Trinajstić information content (AvgIpc) is 2.36. The van der Waals surface area contributed by atoms with Gasteiger partial charge in [0.15, 0.2) is 6.10 Å². The SMILES string of the molecule is CON(C)C(=O)[C@H]1CCc2ccccc2O1. The summed E-state index contributed by atoms with van der Waals surface area (Å²) in [6, 6.07) is 7.80. The molecule has 1 aromatic carbocycles. The van der Waals surface area contributed by atoms with Crippen LogP contribution in [0.5, 0.6) is 5.75 Å². The highest BCUT2D eigenvalue weighted by atomic mass is 16.7. The third-order valence-electron chi connectivity index (χ3n) is 2.78. The van der Waals surface area contributed by atoms with Crippen molar-refractivity contribution in [3.8, 4) is 5.75 Å². The van der Waals surface area contributed by atoms with E-state index < -0.39 is 6.10 Å². The zero-order valence-corrected chi connectivity index (χ0v) is 9.47. The van der Waals surface area contributed by atoms with Crippen LogP contribution < -0.4 is 4.74 Å². The summed E-state index contributed by atoms with van der Waals surface area (Å²) in [6.07, 6.45) is 1.13. The Hall–Kier alpha value is -1.55. The highest BCUT2D eigenvalue weighted by Crippen LogP contribution is 2.27. The number of hydroxylamine groups is 2. The number of carbonyl (C=O) groups excluding carboxylic acids is 1. The van der Waals surface area contributed by atoms with Gasteiger partial charge in [0.05, 0.1) is 7.11 Å². The average molecular weight is 221 g/mol. The number of benzene rings is 1. The molecule has 1 aromatic rings. The lowest BCUT2D eigenvalue weighted by Crippen LogP contribution is -2.40. The fourth-order valence-electron chi connectivity index (χ4n) is 1.79. The number of carbonyl (C=O) groups is 1. The molecule has 16 heavy (non-hydrogen) atoms. The number of hydrogen-bond donors (Lipinski definition) is 0. The van der Waals surface area contributed by atoms with E-state index in [9.17, 15) is 4.79 Å². The second-order valence-electron chi connectivity index (χ2n) is 3.77. The topological polar surface area (TPSA) is 38.8 Å². The van der Waals surface area contributed by atoms with Crippen molar-refractivity contribution >= 4 is 5.91 Å².